The smallest absolute Gasteiger partial charge is 0.259 e. The molecule has 1 fully saturated rings. The summed E-state index contributed by atoms with van der Waals surface area (Å²) < 4.78 is 20.1. The minimum atomic E-state index is -0.479. The van der Waals surface area contributed by atoms with Crippen molar-refractivity contribution in [1.82, 2.24) is 15.2 Å². The van der Waals surface area contributed by atoms with Gasteiger partial charge in [-0.3, -0.25) is 15.1 Å². The molecule has 0 radical (unpaired) electrons. The van der Waals surface area contributed by atoms with Crippen molar-refractivity contribution in [2.24, 2.45) is 0 Å². The summed E-state index contributed by atoms with van der Waals surface area (Å²) in [7, 11) is 1.47. The molecule has 8 heteroatoms. The van der Waals surface area contributed by atoms with Crippen molar-refractivity contribution in [1.29, 1.82) is 0 Å². The number of aromatic nitrogens is 3. The summed E-state index contributed by atoms with van der Waals surface area (Å²) in [5.41, 5.74) is 2.81. The molecule has 0 unspecified atom stereocenters. The van der Waals surface area contributed by atoms with E-state index >= 15 is 0 Å². The van der Waals surface area contributed by atoms with E-state index in [1.807, 2.05) is 18.2 Å². The van der Waals surface area contributed by atoms with Crippen molar-refractivity contribution in [2.75, 3.05) is 12.4 Å². The van der Waals surface area contributed by atoms with E-state index < -0.39 is 11.7 Å². The van der Waals surface area contributed by atoms with Crippen LogP contribution in [-0.4, -0.2) is 28.2 Å². The molecule has 6 nitrogen and oxygen atoms in total. The number of benzene rings is 2. The summed E-state index contributed by atoms with van der Waals surface area (Å²) >= 11 is 1.37. The minimum Gasteiger partial charge on any atom is -0.496 e. The van der Waals surface area contributed by atoms with Gasteiger partial charge in [-0.05, 0) is 43.0 Å². The second-order valence-corrected chi connectivity index (χ2v) is 8.96. The van der Waals surface area contributed by atoms with Gasteiger partial charge in [-0.15, -0.1) is 10.2 Å². The SMILES string of the molecule is COc1cccc(F)c1-c1cc(C)ncc1C(=O)Nc1nnc([C@@H]2C[C@H]2c2ccccc2)s1. The van der Waals surface area contributed by atoms with Crippen molar-refractivity contribution in [3.63, 3.8) is 0 Å². The Kier molecular flexibility index (Phi) is 5.60. The van der Waals surface area contributed by atoms with Crippen LogP contribution in [0.3, 0.4) is 0 Å². The molecule has 2 aromatic heterocycles. The van der Waals surface area contributed by atoms with E-state index in [9.17, 15) is 9.18 Å². The lowest BCUT2D eigenvalue weighted by molar-refractivity contribution is 0.102. The Morgan fingerprint density at radius 1 is 1.12 bits per heavy atom. The Bertz CT molecular complexity index is 1330. The van der Waals surface area contributed by atoms with Crippen molar-refractivity contribution in [2.45, 2.75) is 25.2 Å². The van der Waals surface area contributed by atoms with Gasteiger partial charge in [-0.2, -0.15) is 0 Å². The number of nitrogens with zero attached hydrogens (tertiary/aromatic N) is 3. The van der Waals surface area contributed by atoms with Crippen LogP contribution in [0.1, 0.15) is 44.9 Å². The summed E-state index contributed by atoms with van der Waals surface area (Å²) in [6.45, 7) is 1.79. The number of pyridine rings is 1. The highest BCUT2D eigenvalue weighted by molar-refractivity contribution is 7.15. The molecule has 5 rings (SSSR count). The van der Waals surface area contributed by atoms with Gasteiger partial charge < -0.3 is 4.74 Å². The molecule has 1 aliphatic rings. The number of nitrogens with one attached hydrogen (secondary N) is 1. The van der Waals surface area contributed by atoms with Gasteiger partial charge in [0.25, 0.3) is 5.91 Å². The van der Waals surface area contributed by atoms with Crippen molar-refractivity contribution in [3.05, 3.63) is 88.4 Å². The lowest BCUT2D eigenvalue weighted by Gasteiger charge is -2.14. The van der Waals surface area contributed by atoms with Crippen LogP contribution < -0.4 is 10.1 Å². The lowest BCUT2D eigenvalue weighted by atomic mass is 9.98. The number of amides is 1. The van der Waals surface area contributed by atoms with Gasteiger partial charge in [0.1, 0.15) is 16.6 Å². The fraction of sp³-hybridized carbons (Fsp3) is 0.200. The van der Waals surface area contributed by atoms with Crippen LogP contribution in [0.25, 0.3) is 11.1 Å². The number of rotatable bonds is 6. The predicted molar refractivity (Wildman–Crippen MR) is 125 cm³/mol. The molecule has 1 N–H and O–H groups in total. The van der Waals surface area contributed by atoms with Crippen LogP contribution in [0.2, 0.25) is 0 Å². The molecular formula is C25H21FN4O2S. The van der Waals surface area contributed by atoms with E-state index in [-0.39, 0.29) is 11.1 Å². The predicted octanol–water partition coefficient (Wildman–Crippen LogP) is 5.58. The molecule has 2 heterocycles. The van der Waals surface area contributed by atoms with Gasteiger partial charge in [-0.25, -0.2) is 4.39 Å². The normalized spacial score (nSPS) is 16.9. The number of hydrogen-bond donors (Lipinski definition) is 1. The second-order valence-electron chi connectivity index (χ2n) is 7.95. The van der Waals surface area contributed by atoms with E-state index in [4.69, 9.17) is 4.74 Å². The van der Waals surface area contributed by atoms with Crippen molar-refractivity contribution in [3.8, 4) is 16.9 Å². The summed E-state index contributed by atoms with van der Waals surface area (Å²) in [4.78, 5) is 17.4. The molecule has 1 aliphatic carbocycles. The number of hydrogen-bond acceptors (Lipinski definition) is 6. The topological polar surface area (TPSA) is 77.0 Å². The largest absolute Gasteiger partial charge is 0.496 e. The van der Waals surface area contributed by atoms with Gasteiger partial charge in [-0.1, -0.05) is 47.7 Å². The Morgan fingerprint density at radius 3 is 2.73 bits per heavy atom. The molecule has 0 saturated heterocycles. The third kappa shape index (κ3) is 4.21. The van der Waals surface area contributed by atoms with E-state index in [2.05, 4.69) is 32.6 Å². The first kappa shape index (κ1) is 21.2. The highest BCUT2D eigenvalue weighted by Gasteiger charge is 2.42. The fourth-order valence-electron chi connectivity index (χ4n) is 4.02. The van der Waals surface area contributed by atoms with E-state index in [0.717, 1.165) is 11.4 Å². The quantitative estimate of drug-likeness (QED) is 0.406. The number of carbonyl (C=O) groups is 1. The molecule has 2 aromatic carbocycles. The maximum Gasteiger partial charge on any atom is 0.259 e. The standard InChI is InChI=1S/C25H21FN4O2S/c1-14-11-17(22-20(26)9-6-10-21(22)32-2)19(13-27-14)23(31)28-25-30-29-24(33-25)18-12-16(18)15-7-4-3-5-8-15/h3-11,13,16,18H,12H2,1-2H3,(H,28,30,31)/t16-,18+/m0/s1. The average Bonchev–Trinajstić information content (AvgIpc) is 3.50. The zero-order valence-corrected chi connectivity index (χ0v) is 18.9. The molecular weight excluding hydrogens is 439 g/mol. The van der Waals surface area contributed by atoms with Gasteiger partial charge in [0.2, 0.25) is 5.13 Å². The van der Waals surface area contributed by atoms with Crippen LogP contribution in [0.5, 0.6) is 5.75 Å². The monoisotopic (exact) mass is 460 g/mol. The highest BCUT2D eigenvalue weighted by Crippen LogP contribution is 2.55. The number of methoxy groups -OCH3 is 1. The van der Waals surface area contributed by atoms with E-state index in [1.165, 1.54) is 36.3 Å². The number of anilines is 1. The number of halogens is 1. The van der Waals surface area contributed by atoms with Crippen LogP contribution in [0.4, 0.5) is 9.52 Å². The third-order valence-electron chi connectivity index (χ3n) is 5.75. The number of aryl methyl sites for hydroxylation is 1. The zero-order valence-electron chi connectivity index (χ0n) is 18.1. The summed E-state index contributed by atoms with van der Waals surface area (Å²) in [6.07, 6.45) is 2.46. The van der Waals surface area contributed by atoms with Crippen molar-refractivity contribution >= 4 is 22.4 Å². The summed E-state index contributed by atoms with van der Waals surface area (Å²) in [5.74, 6) is 0.182. The van der Waals surface area contributed by atoms with Gasteiger partial charge in [0.05, 0.1) is 18.2 Å². The molecule has 0 bridgehead atoms. The number of ether oxygens (including phenoxy) is 1. The third-order valence-corrected chi connectivity index (χ3v) is 6.72. The molecule has 166 valence electrons. The zero-order chi connectivity index (χ0) is 22.9. The first-order chi connectivity index (χ1) is 16.0. The maximum atomic E-state index is 14.7. The average molecular weight is 461 g/mol. The van der Waals surface area contributed by atoms with Crippen molar-refractivity contribution < 1.29 is 13.9 Å². The maximum absolute atomic E-state index is 14.7. The molecule has 0 spiro atoms. The molecule has 1 amide bonds. The Hall–Kier alpha value is -3.65. The Morgan fingerprint density at radius 2 is 1.94 bits per heavy atom. The first-order valence-electron chi connectivity index (χ1n) is 10.5. The van der Waals surface area contributed by atoms with Crippen LogP contribution in [0.15, 0.2) is 60.8 Å². The number of carbonyl (C=O) groups excluding carboxylic acids is 1. The van der Waals surface area contributed by atoms with E-state index in [0.29, 0.717) is 34.0 Å². The summed E-state index contributed by atoms with van der Waals surface area (Å²) in [6, 6.07) is 16.6. The van der Waals surface area contributed by atoms with Crippen LogP contribution in [-0.2, 0) is 0 Å². The highest BCUT2D eigenvalue weighted by atomic mass is 32.1. The fourth-order valence-corrected chi connectivity index (χ4v) is 4.94. The second kappa shape index (κ2) is 8.71. The molecule has 33 heavy (non-hydrogen) atoms. The van der Waals surface area contributed by atoms with Gasteiger partial charge >= 0.3 is 0 Å². The Labute approximate surface area is 194 Å². The summed E-state index contributed by atoms with van der Waals surface area (Å²) in [5, 5.41) is 12.6. The Balaban J connectivity index is 1.39. The first-order valence-corrected chi connectivity index (χ1v) is 11.4. The van der Waals surface area contributed by atoms with Crippen LogP contribution in [0, 0.1) is 12.7 Å². The molecule has 1 saturated carbocycles. The lowest BCUT2D eigenvalue weighted by Crippen LogP contribution is -2.14. The minimum absolute atomic E-state index is 0.220. The molecule has 0 aliphatic heterocycles. The van der Waals surface area contributed by atoms with Gasteiger partial charge in [0.15, 0.2) is 0 Å². The molecule has 4 aromatic rings. The van der Waals surface area contributed by atoms with Crippen LogP contribution >= 0.6 is 11.3 Å². The van der Waals surface area contributed by atoms with E-state index in [1.54, 1.807) is 25.1 Å². The van der Waals surface area contributed by atoms with Gasteiger partial charge in [0, 0.05) is 23.4 Å². The molecule has 2 atom stereocenters.